The topological polar surface area (TPSA) is 46.0 Å². The Morgan fingerprint density at radius 2 is 1.79 bits per heavy atom. The summed E-state index contributed by atoms with van der Waals surface area (Å²) in [6, 6.07) is 3.28. The minimum atomic E-state index is -0.136. The second-order valence-corrected chi connectivity index (χ2v) is 3.59. The molecule has 0 radical (unpaired) electrons. The highest BCUT2D eigenvalue weighted by molar-refractivity contribution is 6.42. The highest BCUT2D eigenvalue weighted by atomic mass is 35.5. The Morgan fingerprint density at radius 1 is 1.14 bits per heavy atom. The molecule has 0 bridgehead atoms. The van der Waals surface area contributed by atoms with Crippen molar-refractivity contribution in [3.05, 3.63) is 34.1 Å². The Bertz CT molecular complexity index is 487. The highest BCUT2D eigenvalue weighted by Gasteiger charge is 2.03. The highest BCUT2D eigenvalue weighted by Crippen LogP contribution is 2.25. The number of benzene rings is 1. The number of hydrogen-bond acceptors (Lipinski definition) is 3. The second kappa shape index (κ2) is 3.69. The van der Waals surface area contributed by atoms with Gasteiger partial charge < -0.3 is 5.11 Å². The summed E-state index contributed by atoms with van der Waals surface area (Å²) < 4.78 is 0. The van der Waals surface area contributed by atoms with Crippen molar-refractivity contribution in [2.24, 2.45) is 0 Å². The molecule has 0 saturated carbocycles. The van der Waals surface area contributed by atoms with Crippen LogP contribution in [-0.4, -0.2) is 15.1 Å². The predicted molar refractivity (Wildman–Crippen MR) is 55.5 cm³/mol. The Hall–Kier alpha value is -0.900. The number of hydrogen-bond donors (Lipinski definition) is 1. The largest absolute Gasteiger partial charge is 0.390 e. The lowest BCUT2D eigenvalue weighted by Gasteiger charge is -2.01. The fourth-order valence-electron chi connectivity index (χ4n) is 1.12. The van der Waals surface area contributed by atoms with E-state index >= 15 is 0 Å². The fraction of sp³-hybridized carbons (Fsp3) is 0.111. The van der Waals surface area contributed by atoms with Gasteiger partial charge in [-0.05, 0) is 12.1 Å². The molecule has 72 valence electrons. The number of rotatable bonds is 1. The van der Waals surface area contributed by atoms with Crippen molar-refractivity contribution in [2.45, 2.75) is 6.61 Å². The molecule has 0 atom stereocenters. The Labute approximate surface area is 90.3 Å². The van der Waals surface area contributed by atoms with Crippen molar-refractivity contribution in [3.63, 3.8) is 0 Å². The van der Waals surface area contributed by atoms with E-state index in [0.29, 0.717) is 26.8 Å². The average Bonchev–Trinajstić information content (AvgIpc) is 2.19. The molecule has 2 rings (SSSR count). The van der Waals surface area contributed by atoms with Crippen LogP contribution in [0.5, 0.6) is 0 Å². The predicted octanol–water partition coefficient (Wildman–Crippen LogP) is 2.43. The van der Waals surface area contributed by atoms with Crippen LogP contribution in [-0.2, 0) is 6.61 Å². The lowest BCUT2D eigenvalue weighted by molar-refractivity contribution is 0.277. The van der Waals surface area contributed by atoms with Crippen molar-refractivity contribution < 1.29 is 5.11 Å². The van der Waals surface area contributed by atoms with Gasteiger partial charge in [-0.15, -0.1) is 0 Å². The van der Waals surface area contributed by atoms with Crippen molar-refractivity contribution in [1.82, 2.24) is 9.97 Å². The third kappa shape index (κ3) is 1.66. The summed E-state index contributed by atoms with van der Waals surface area (Å²) in [5, 5.41) is 9.74. The van der Waals surface area contributed by atoms with E-state index in [4.69, 9.17) is 28.3 Å². The maximum absolute atomic E-state index is 8.86. The number of aromatic nitrogens is 2. The van der Waals surface area contributed by atoms with E-state index in [2.05, 4.69) is 9.97 Å². The van der Waals surface area contributed by atoms with Gasteiger partial charge in [-0.2, -0.15) is 0 Å². The maximum Gasteiger partial charge on any atom is 0.0907 e. The summed E-state index contributed by atoms with van der Waals surface area (Å²) in [6.45, 7) is -0.136. The molecule has 5 heteroatoms. The molecule has 2 aromatic rings. The van der Waals surface area contributed by atoms with Crippen molar-refractivity contribution in [2.75, 3.05) is 0 Å². The normalized spacial score (nSPS) is 10.8. The lowest BCUT2D eigenvalue weighted by Crippen LogP contribution is -1.92. The quantitative estimate of drug-likeness (QED) is 0.816. The fourth-order valence-corrected chi connectivity index (χ4v) is 1.44. The molecule has 14 heavy (non-hydrogen) atoms. The first-order valence-corrected chi connectivity index (χ1v) is 4.68. The van der Waals surface area contributed by atoms with Crippen LogP contribution in [0.15, 0.2) is 18.3 Å². The molecule has 0 aliphatic heterocycles. The number of aliphatic hydroxyl groups is 1. The summed E-state index contributed by atoms with van der Waals surface area (Å²) >= 11 is 11.6. The van der Waals surface area contributed by atoms with Gasteiger partial charge in [0.05, 0.1) is 39.6 Å². The first kappa shape index (κ1) is 9.65. The Morgan fingerprint density at radius 3 is 2.43 bits per heavy atom. The van der Waals surface area contributed by atoms with Crippen LogP contribution in [0.1, 0.15) is 5.69 Å². The molecule has 1 aromatic heterocycles. The summed E-state index contributed by atoms with van der Waals surface area (Å²) in [5.74, 6) is 0. The van der Waals surface area contributed by atoms with Crippen LogP contribution >= 0.6 is 23.2 Å². The van der Waals surface area contributed by atoms with Crippen LogP contribution in [0.3, 0.4) is 0 Å². The summed E-state index contributed by atoms with van der Waals surface area (Å²) in [7, 11) is 0. The minimum Gasteiger partial charge on any atom is -0.390 e. The lowest BCUT2D eigenvalue weighted by atomic mass is 10.3. The van der Waals surface area contributed by atoms with E-state index in [0.717, 1.165) is 0 Å². The Balaban J connectivity index is 2.70. The first-order chi connectivity index (χ1) is 6.70. The monoisotopic (exact) mass is 228 g/mol. The third-order valence-corrected chi connectivity index (χ3v) is 2.52. The van der Waals surface area contributed by atoms with Gasteiger partial charge in [0.25, 0.3) is 0 Å². The molecule has 3 nitrogen and oxygen atoms in total. The number of nitrogens with zero attached hydrogens (tertiary/aromatic N) is 2. The second-order valence-electron chi connectivity index (χ2n) is 2.77. The molecule has 0 unspecified atom stereocenters. The van der Waals surface area contributed by atoms with E-state index in [1.165, 1.54) is 6.20 Å². The van der Waals surface area contributed by atoms with Crippen LogP contribution in [0, 0.1) is 0 Å². The van der Waals surface area contributed by atoms with E-state index < -0.39 is 0 Å². The third-order valence-electron chi connectivity index (χ3n) is 1.80. The van der Waals surface area contributed by atoms with Crippen LogP contribution in [0.2, 0.25) is 10.0 Å². The molecule has 0 saturated heterocycles. The standard InChI is InChI=1S/C9H6Cl2N2O/c10-6-1-8-9(2-7(6)11)13-5(4-14)3-12-8/h1-3,14H,4H2. The first-order valence-electron chi connectivity index (χ1n) is 3.92. The van der Waals surface area contributed by atoms with Gasteiger partial charge in [0.2, 0.25) is 0 Å². The van der Waals surface area contributed by atoms with E-state index in [9.17, 15) is 0 Å². The van der Waals surface area contributed by atoms with Gasteiger partial charge in [-0.25, -0.2) is 4.98 Å². The SMILES string of the molecule is OCc1cnc2cc(Cl)c(Cl)cc2n1. The molecule has 0 aliphatic carbocycles. The van der Waals surface area contributed by atoms with Gasteiger partial charge in [0.15, 0.2) is 0 Å². The molecule has 1 N–H and O–H groups in total. The van der Waals surface area contributed by atoms with Gasteiger partial charge in [-0.1, -0.05) is 23.2 Å². The zero-order chi connectivity index (χ0) is 10.1. The molecule has 0 aliphatic rings. The smallest absolute Gasteiger partial charge is 0.0907 e. The van der Waals surface area contributed by atoms with Gasteiger partial charge >= 0.3 is 0 Å². The van der Waals surface area contributed by atoms with E-state index in [1.54, 1.807) is 12.1 Å². The summed E-state index contributed by atoms with van der Waals surface area (Å²) in [4.78, 5) is 8.23. The van der Waals surface area contributed by atoms with Gasteiger partial charge in [-0.3, -0.25) is 4.98 Å². The molecule has 0 spiro atoms. The zero-order valence-electron chi connectivity index (χ0n) is 7.04. The van der Waals surface area contributed by atoms with Gasteiger partial charge in [0.1, 0.15) is 0 Å². The number of halogens is 2. The zero-order valence-corrected chi connectivity index (χ0v) is 8.55. The maximum atomic E-state index is 8.86. The molecule has 0 fully saturated rings. The van der Waals surface area contributed by atoms with Crippen LogP contribution < -0.4 is 0 Å². The van der Waals surface area contributed by atoms with Crippen molar-refractivity contribution in [1.29, 1.82) is 0 Å². The van der Waals surface area contributed by atoms with Crippen LogP contribution in [0.4, 0.5) is 0 Å². The van der Waals surface area contributed by atoms with Crippen molar-refractivity contribution >= 4 is 34.2 Å². The molecular weight excluding hydrogens is 223 g/mol. The number of aliphatic hydroxyl groups excluding tert-OH is 1. The van der Waals surface area contributed by atoms with Crippen LogP contribution in [0.25, 0.3) is 11.0 Å². The number of fused-ring (bicyclic) bond motifs is 1. The van der Waals surface area contributed by atoms with E-state index in [1.807, 2.05) is 0 Å². The summed E-state index contributed by atoms with van der Waals surface area (Å²) in [6.07, 6.45) is 1.51. The average molecular weight is 229 g/mol. The van der Waals surface area contributed by atoms with Gasteiger partial charge in [0, 0.05) is 0 Å². The Kier molecular flexibility index (Phi) is 2.54. The minimum absolute atomic E-state index is 0.136. The van der Waals surface area contributed by atoms with Crippen molar-refractivity contribution in [3.8, 4) is 0 Å². The molecule has 0 amide bonds. The summed E-state index contributed by atoms with van der Waals surface area (Å²) in [5.41, 5.74) is 1.80. The van der Waals surface area contributed by atoms with E-state index in [-0.39, 0.29) is 6.61 Å². The molecule has 1 aromatic carbocycles. The molecule has 1 heterocycles. The molecular formula is C9H6Cl2N2O.